The number of carbonyl (C=O) groups is 1. The highest BCUT2D eigenvalue weighted by Crippen LogP contribution is 2.23. The van der Waals surface area contributed by atoms with Crippen LogP contribution in [0.5, 0.6) is 5.75 Å². The van der Waals surface area contributed by atoms with Crippen LogP contribution >= 0.6 is 45.2 Å². The molecule has 0 unspecified atom stereocenters. The number of benzene rings is 3. The number of hydrogen-bond acceptors (Lipinski definition) is 4. The first-order valence-corrected chi connectivity index (χ1v) is 11.4. The molecule has 0 spiro atoms. The molecule has 0 saturated heterocycles. The lowest BCUT2D eigenvalue weighted by Gasteiger charge is -2.08. The molecule has 6 heteroatoms. The van der Waals surface area contributed by atoms with E-state index in [9.17, 15) is 4.79 Å². The van der Waals surface area contributed by atoms with Crippen LogP contribution in [0.3, 0.4) is 0 Å². The second-order valence-electron chi connectivity index (χ2n) is 6.75. The van der Waals surface area contributed by atoms with Gasteiger partial charge in [-0.3, -0.25) is 0 Å². The molecule has 1 aliphatic rings. The molecule has 1 heterocycles. The number of esters is 1. The first-order valence-electron chi connectivity index (χ1n) is 9.25. The van der Waals surface area contributed by atoms with Crippen LogP contribution in [0.2, 0.25) is 0 Å². The second kappa shape index (κ2) is 9.30. The molecular weight excluding hydrogens is 604 g/mol. The SMILES string of the molecule is Cc1cc(C2=N/C(=C\c3cccc(OCc4ccccc4I)c3)C(=O)O2)ccc1I. The minimum absolute atomic E-state index is 0.274. The summed E-state index contributed by atoms with van der Waals surface area (Å²) in [6.07, 6.45) is 1.72. The van der Waals surface area contributed by atoms with Crippen molar-refractivity contribution in [3.63, 3.8) is 0 Å². The van der Waals surface area contributed by atoms with Gasteiger partial charge in [0.2, 0.25) is 5.90 Å². The molecule has 0 N–H and O–H groups in total. The third-order valence-electron chi connectivity index (χ3n) is 4.54. The molecule has 150 valence electrons. The van der Waals surface area contributed by atoms with Crippen molar-refractivity contribution in [2.45, 2.75) is 13.5 Å². The number of carbonyl (C=O) groups excluding carboxylic acids is 1. The fraction of sp³-hybridized carbons (Fsp3) is 0.0833. The average molecular weight is 621 g/mol. The highest BCUT2D eigenvalue weighted by Gasteiger charge is 2.24. The Balaban J connectivity index is 1.53. The number of hydrogen-bond donors (Lipinski definition) is 0. The van der Waals surface area contributed by atoms with E-state index in [1.165, 1.54) is 0 Å². The Bertz CT molecular complexity index is 1180. The van der Waals surface area contributed by atoms with Crippen LogP contribution in [0.25, 0.3) is 6.08 Å². The minimum atomic E-state index is -0.452. The number of aliphatic imine (C=N–C) groups is 1. The van der Waals surface area contributed by atoms with E-state index >= 15 is 0 Å². The molecule has 0 saturated carbocycles. The van der Waals surface area contributed by atoms with Crippen LogP contribution in [-0.4, -0.2) is 11.9 Å². The molecular formula is C24H17I2NO3. The van der Waals surface area contributed by atoms with Gasteiger partial charge in [0, 0.05) is 18.3 Å². The molecule has 1 aliphatic heterocycles. The largest absolute Gasteiger partial charge is 0.489 e. The van der Waals surface area contributed by atoms with Crippen molar-refractivity contribution >= 4 is 63.1 Å². The Morgan fingerprint density at radius 1 is 1.00 bits per heavy atom. The van der Waals surface area contributed by atoms with Gasteiger partial charge in [-0.25, -0.2) is 9.79 Å². The molecule has 0 aliphatic carbocycles. The predicted octanol–water partition coefficient (Wildman–Crippen LogP) is 6.13. The molecule has 0 fully saturated rings. The topological polar surface area (TPSA) is 47.9 Å². The van der Waals surface area contributed by atoms with E-state index in [0.717, 1.165) is 35.1 Å². The normalized spacial score (nSPS) is 14.6. The Morgan fingerprint density at radius 2 is 1.83 bits per heavy atom. The Hall–Kier alpha value is -2.20. The highest BCUT2D eigenvalue weighted by atomic mass is 127. The van der Waals surface area contributed by atoms with Gasteiger partial charge in [-0.1, -0.05) is 30.3 Å². The number of rotatable bonds is 5. The van der Waals surface area contributed by atoms with Crippen molar-refractivity contribution in [3.8, 4) is 5.75 Å². The summed E-state index contributed by atoms with van der Waals surface area (Å²) in [7, 11) is 0. The quantitative estimate of drug-likeness (QED) is 0.196. The minimum Gasteiger partial charge on any atom is -0.489 e. The predicted molar refractivity (Wildman–Crippen MR) is 134 cm³/mol. The van der Waals surface area contributed by atoms with Gasteiger partial charge in [0.05, 0.1) is 0 Å². The summed E-state index contributed by atoms with van der Waals surface area (Å²) in [4.78, 5) is 16.7. The standard InChI is InChI=1S/C24H17I2NO3/c1-15-11-17(9-10-20(15)25)23-27-22(24(28)30-23)13-16-5-4-7-19(12-16)29-14-18-6-2-3-8-21(18)26/h2-13H,14H2,1H3/b22-13-. The van der Waals surface area contributed by atoms with Gasteiger partial charge < -0.3 is 9.47 Å². The van der Waals surface area contributed by atoms with Crippen molar-refractivity contribution in [2.24, 2.45) is 4.99 Å². The zero-order valence-electron chi connectivity index (χ0n) is 16.1. The van der Waals surface area contributed by atoms with Crippen LogP contribution in [0.4, 0.5) is 0 Å². The monoisotopic (exact) mass is 621 g/mol. The molecule has 3 aromatic rings. The fourth-order valence-electron chi connectivity index (χ4n) is 2.94. The molecule has 0 radical (unpaired) electrons. The molecule has 0 aromatic heterocycles. The van der Waals surface area contributed by atoms with Gasteiger partial charge in [0.15, 0.2) is 5.70 Å². The third-order valence-corrected chi connectivity index (χ3v) is 6.80. The first-order chi connectivity index (χ1) is 14.5. The number of halogens is 2. The third kappa shape index (κ3) is 4.92. The second-order valence-corrected chi connectivity index (χ2v) is 9.08. The van der Waals surface area contributed by atoms with E-state index in [1.54, 1.807) is 6.08 Å². The summed E-state index contributed by atoms with van der Waals surface area (Å²) < 4.78 is 13.6. The van der Waals surface area contributed by atoms with Crippen molar-refractivity contribution in [2.75, 3.05) is 0 Å². The maximum absolute atomic E-state index is 12.3. The maximum atomic E-state index is 12.3. The van der Waals surface area contributed by atoms with E-state index in [1.807, 2.05) is 67.6 Å². The van der Waals surface area contributed by atoms with Crippen molar-refractivity contribution in [1.29, 1.82) is 0 Å². The van der Waals surface area contributed by atoms with E-state index in [-0.39, 0.29) is 5.70 Å². The molecule has 4 rings (SSSR count). The molecule has 0 bridgehead atoms. The van der Waals surface area contributed by atoms with E-state index < -0.39 is 5.97 Å². The smallest absolute Gasteiger partial charge is 0.363 e. The van der Waals surface area contributed by atoms with Crippen LogP contribution in [-0.2, 0) is 16.1 Å². The first kappa shape index (κ1) is 21.0. The van der Waals surface area contributed by atoms with Crippen molar-refractivity contribution < 1.29 is 14.3 Å². The number of ether oxygens (including phenoxy) is 2. The number of cyclic esters (lactones) is 1. The van der Waals surface area contributed by atoms with E-state index in [2.05, 4.69) is 56.2 Å². The number of nitrogens with zero attached hydrogens (tertiary/aromatic N) is 1. The molecule has 4 nitrogen and oxygen atoms in total. The van der Waals surface area contributed by atoms with E-state index in [4.69, 9.17) is 9.47 Å². The molecule has 0 amide bonds. The van der Waals surface area contributed by atoms with Gasteiger partial charge in [0.1, 0.15) is 12.4 Å². The van der Waals surface area contributed by atoms with Crippen molar-refractivity contribution in [1.82, 2.24) is 0 Å². The summed E-state index contributed by atoms with van der Waals surface area (Å²) in [6, 6.07) is 21.5. The van der Waals surface area contributed by atoms with Crippen molar-refractivity contribution in [3.05, 3.63) is 102 Å². The summed E-state index contributed by atoms with van der Waals surface area (Å²) in [5.41, 5.74) is 4.13. The highest BCUT2D eigenvalue weighted by molar-refractivity contribution is 14.1. The lowest BCUT2D eigenvalue weighted by Crippen LogP contribution is -2.05. The van der Waals surface area contributed by atoms with Gasteiger partial charge in [0.25, 0.3) is 0 Å². The Morgan fingerprint density at radius 3 is 2.63 bits per heavy atom. The van der Waals surface area contributed by atoms with Gasteiger partial charge in [-0.2, -0.15) is 0 Å². The Kier molecular flexibility index (Phi) is 6.52. The fourth-order valence-corrected chi connectivity index (χ4v) is 3.82. The molecule has 0 atom stereocenters. The average Bonchev–Trinajstić information content (AvgIpc) is 3.10. The van der Waals surface area contributed by atoms with E-state index in [0.29, 0.717) is 12.5 Å². The molecule has 3 aromatic carbocycles. The van der Waals surface area contributed by atoms with Gasteiger partial charge in [-0.15, -0.1) is 0 Å². The van der Waals surface area contributed by atoms with Crippen LogP contribution in [0, 0.1) is 14.1 Å². The summed E-state index contributed by atoms with van der Waals surface area (Å²) >= 11 is 4.57. The summed E-state index contributed by atoms with van der Waals surface area (Å²) in [6.45, 7) is 2.50. The lowest BCUT2D eigenvalue weighted by atomic mass is 10.1. The van der Waals surface area contributed by atoms with Crippen LogP contribution < -0.4 is 4.74 Å². The summed E-state index contributed by atoms with van der Waals surface area (Å²) in [5, 5.41) is 0. The lowest BCUT2D eigenvalue weighted by molar-refractivity contribution is -0.129. The maximum Gasteiger partial charge on any atom is 0.363 e. The van der Waals surface area contributed by atoms with Gasteiger partial charge >= 0.3 is 5.97 Å². The molecule has 30 heavy (non-hydrogen) atoms. The summed E-state index contributed by atoms with van der Waals surface area (Å²) in [5.74, 6) is 0.607. The number of aryl methyl sites for hydroxylation is 1. The van der Waals surface area contributed by atoms with Gasteiger partial charge in [-0.05, 0) is 106 Å². The zero-order chi connectivity index (χ0) is 21.1. The van der Waals surface area contributed by atoms with Crippen LogP contribution in [0.15, 0.2) is 77.4 Å². The Labute approximate surface area is 202 Å². The van der Waals surface area contributed by atoms with Crippen LogP contribution in [0.1, 0.15) is 22.3 Å². The zero-order valence-corrected chi connectivity index (χ0v) is 20.4.